The van der Waals surface area contributed by atoms with Crippen molar-refractivity contribution < 1.29 is 13.3 Å². The number of halogens is 1. The average Bonchev–Trinajstić information content (AvgIpc) is 2.98. The number of hydrogen-bond donors (Lipinski definition) is 2. The van der Waals surface area contributed by atoms with Crippen molar-refractivity contribution in [3.8, 4) is 16.2 Å². The Morgan fingerprint density at radius 2 is 1.91 bits per heavy atom. The number of rotatable bonds is 7. The number of thiazole rings is 1. The number of nitrogens with zero attached hydrogens (tertiary/aromatic N) is 2. The van der Waals surface area contributed by atoms with Crippen LogP contribution in [0.2, 0.25) is 0 Å². The van der Waals surface area contributed by atoms with Gasteiger partial charge in [-0.05, 0) is 62.1 Å². The van der Waals surface area contributed by atoms with E-state index in [1.807, 2.05) is 25.1 Å². The van der Waals surface area contributed by atoms with Crippen LogP contribution in [0.25, 0.3) is 10.4 Å². The summed E-state index contributed by atoms with van der Waals surface area (Å²) >= 11 is 1.62. The summed E-state index contributed by atoms with van der Waals surface area (Å²) in [6.45, 7) is 3.73. The molecule has 2 N–H and O–H groups in total. The first-order chi connectivity index (χ1) is 15.9. The Hall–Kier alpha value is -2.52. The van der Waals surface area contributed by atoms with E-state index in [2.05, 4.69) is 15.0 Å². The van der Waals surface area contributed by atoms with Gasteiger partial charge in [0.05, 0.1) is 29.6 Å². The lowest BCUT2D eigenvalue weighted by Gasteiger charge is -2.14. The number of anilines is 2. The maximum absolute atomic E-state index is 13.3. The molecule has 1 atom stereocenters. The molecular weight excluding hydrogens is 459 g/mol. The molecule has 4 rings (SSSR count). The van der Waals surface area contributed by atoms with E-state index >= 15 is 0 Å². The maximum Gasteiger partial charge on any atom is 0.213 e. The predicted molar refractivity (Wildman–Crippen MR) is 133 cm³/mol. The fourth-order valence-electron chi connectivity index (χ4n) is 4.07. The SMILES string of the molecule is COc1ccc(-c2sc(NC3CCCCCC3)nc2C)cc1S(=O)Nc1cnc(F)cc1C. The Labute approximate surface area is 200 Å². The Bertz CT molecular complexity index is 1140. The monoisotopic (exact) mass is 488 g/mol. The molecule has 1 saturated carbocycles. The Kier molecular flexibility index (Phi) is 7.60. The van der Waals surface area contributed by atoms with Gasteiger partial charge in [-0.1, -0.05) is 37.0 Å². The summed E-state index contributed by atoms with van der Waals surface area (Å²) in [6.07, 6.45) is 8.86. The van der Waals surface area contributed by atoms with Crippen molar-refractivity contribution in [1.82, 2.24) is 9.97 Å². The molecule has 2 heterocycles. The molecule has 1 unspecified atom stereocenters. The third-order valence-corrected chi connectivity index (χ3v) is 8.15. The summed E-state index contributed by atoms with van der Waals surface area (Å²) in [6, 6.07) is 7.42. The molecular formula is C24H29FN4O2S2. The first-order valence-electron chi connectivity index (χ1n) is 11.2. The lowest BCUT2D eigenvalue weighted by atomic mass is 10.1. The Morgan fingerprint density at radius 3 is 2.61 bits per heavy atom. The van der Waals surface area contributed by atoms with Crippen LogP contribution < -0.4 is 14.8 Å². The molecule has 1 fully saturated rings. The topological polar surface area (TPSA) is 76.1 Å². The summed E-state index contributed by atoms with van der Waals surface area (Å²) in [5, 5.41) is 4.56. The highest BCUT2D eigenvalue weighted by atomic mass is 32.2. The first kappa shape index (κ1) is 23.6. The van der Waals surface area contributed by atoms with Crippen LogP contribution in [0.3, 0.4) is 0 Å². The van der Waals surface area contributed by atoms with E-state index in [-0.39, 0.29) is 0 Å². The summed E-state index contributed by atoms with van der Waals surface area (Å²) < 4.78 is 34.9. The highest BCUT2D eigenvalue weighted by Crippen LogP contribution is 2.37. The molecule has 0 spiro atoms. The third-order valence-electron chi connectivity index (χ3n) is 5.89. The molecule has 0 bridgehead atoms. The second-order valence-electron chi connectivity index (χ2n) is 8.32. The van der Waals surface area contributed by atoms with E-state index < -0.39 is 16.9 Å². The largest absolute Gasteiger partial charge is 0.495 e. The fraction of sp³-hybridized carbons (Fsp3) is 0.417. The average molecular weight is 489 g/mol. The number of aromatic nitrogens is 2. The number of pyridine rings is 1. The highest BCUT2D eigenvalue weighted by molar-refractivity contribution is 7.86. The van der Waals surface area contributed by atoms with Crippen LogP contribution in [0.4, 0.5) is 15.2 Å². The second kappa shape index (κ2) is 10.6. The highest BCUT2D eigenvalue weighted by Gasteiger charge is 2.19. The van der Waals surface area contributed by atoms with E-state index in [0.29, 0.717) is 27.9 Å². The minimum Gasteiger partial charge on any atom is -0.495 e. The standard InChI is InChI=1S/C24H29FN4O2S2/c1-15-12-22(25)26-14-19(15)29-33(30)21-13-17(10-11-20(21)31-3)23-16(2)27-24(32-23)28-18-8-6-4-5-7-9-18/h10-14,18,29H,4-9H2,1-3H3,(H,27,28). The third kappa shape index (κ3) is 5.70. The predicted octanol–water partition coefficient (Wildman–Crippen LogP) is 6.24. The van der Waals surface area contributed by atoms with Crippen LogP contribution in [0.5, 0.6) is 5.75 Å². The van der Waals surface area contributed by atoms with Gasteiger partial charge in [0.25, 0.3) is 0 Å². The number of ether oxygens (including phenoxy) is 1. The lowest BCUT2D eigenvalue weighted by Crippen LogP contribution is -2.17. The molecule has 176 valence electrons. The van der Waals surface area contributed by atoms with Crippen molar-refractivity contribution >= 4 is 33.1 Å². The van der Waals surface area contributed by atoms with Crippen LogP contribution >= 0.6 is 11.3 Å². The molecule has 33 heavy (non-hydrogen) atoms. The summed E-state index contributed by atoms with van der Waals surface area (Å²) in [5.74, 6) is -0.0615. The molecule has 0 radical (unpaired) electrons. The first-order valence-corrected chi connectivity index (χ1v) is 13.1. The van der Waals surface area contributed by atoms with Crippen molar-refractivity contribution in [1.29, 1.82) is 0 Å². The summed E-state index contributed by atoms with van der Waals surface area (Å²) in [4.78, 5) is 9.95. The normalized spacial score (nSPS) is 15.6. The van der Waals surface area contributed by atoms with Gasteiger partial charge in [-0.15, -0.1) is 0 Å². The van der Waals surface area contributed by atoms with Gasteiger partial charge in [0.1, 0.15) is 10.6 Å². The smallest absolute Gasteiger partial charge is 0.213 e. The zero-order valence-corrected chi connectivity index (χ0v) is 20.7. The number of methoxy groups -OCH3 is 1. The van der Waals surface area contributed by atoms with Crippen LogP contribution in [0.1, 0.15) is 49.8 Å². The van der Waals surface area contributed by atoms with Gasteiger partial charge in [0.2, 0.25) is 5.95 Å². The van der Waals surface area contributed by atoms with Gasteiger partial charge >= 0.3 is 0 Å². The molecule has 0 saturated heterocycles. The van der Waals surface area contributed by atoms with Gasteiger partial charge in [-0.3, -0.25) is 4.72 Å². The van der Waals surface area contributed by atoms with Gasteiger partial charge in [0, 0.05) is 6.04 Å². The van der Waals surface area contributed by atoms with Crippen LogP contribution in [-0.4, -0.2) is 27.3 Å². The number of hydrogen-bond acceptors (Lipinski definition) is 6. The van der Waals surface area contributed by atoms with Gasteiger partial charge in [-0.2, -0.15) is 4.39 Å². The molecule has 1 aliphatic rings. The van der Waals surface area contributed by atoms with E-state index in [1.165, 1.54) is 50.8 Å². The van der Waals surface area contributed by atoms with Crippen molar-refractivity contribution in [2.45, 2.75) is 63.3 Å². The molecule has 0 aliphatic heterocycles. The van der Waals surface area contributed by atoms with E-state index in [4.69, 9.17) is 9.72 Å². The Morgan fingerprint density at radius 1 is 1.15 bits per heavy atom. The molecule has 9 heteroatoms. The van der Waals surface area contributed by atoms with Crippen LogP contribution in [-0.2, 0) is 11.0 Å². The molecule has 3 aromatic rings. The maximum atomic E-state index is 13.3. The van der Waals surface area contributed by atoms with Crippen molar-refractivity contribution in [2.24, 2.45) is 0 Å². The van der Waals surface area contributed by atoms with Crippen molar-refractivity contribution in [3.05, 3.63) is 47.7 Å². The Balaban J connectivity index is 1.58. The van der Waals surface area contributed by atoms with E-state index in [0.717, 1.165) is 21.3 Å². The second-order valence-corrected chi connectivity index (χ2v) is 10.5. The fourth-order valence-corrected chi connectivity index (χ4v) is 6.20. The van der Waals surface area contributed by atoms with Gasteiger partial charge in [-0.25, -0.2) is 14.2 Å². The molecule has 0 amide bonds. The van der Waals surface area contributed by atoms with Gasteiger partial charge in [0.15, 0.2) is 16.1 Å². The molecule has 1 aliphatic carbocycles. The molecule has 2 aromatic heterocycles. The quantitative estimate of drug-likeness (QED) is 0.304. The zero-order valence-electron chi connectivity index (χ0n) is 19.1. The number of aryl methyl sites for hydroxylation is 2. The van der Waals surface area contributed by atoms with Gasteiger partial charge < -0.3 is 10.1 Å². The van der Waals surface area contributed by atoms with E-state index in [9.17, 15) is 8.60 Å². The number of nitrogens with one attached hydrogen (secondary N) is 2. The molecule has 1 aromatic carbocycles. The van der Waals surface area contributed by atoms with E-state index in [1.54, 1.807) is 25.4 Å². The minimum atomic E-state index is -1.62. The van der Waals surface area contributed by atoms with Crippen LogP contribution in [0.15, 0.2) is 35.4 Å². The van der Waals surface area contributed by atoms with Crippen molar-refractivity contribution in [2.75, 3.05) is 17.1 Å². The lowest BCUT2D eigenvalue weighted by molar-refractivity contribution is 0.404. The van der Waals surface area contributed by atoms with Crippen molar-refractivity contribution in [3.63, 3.8) is 0 Å². The number of benzene rings is 1. The van der Waals surface area contributed by atoms with Crippen LogP contribution in [0, 0.1) is 19.8 Å². The summed E-state index contributed by atoms with van der Waals surface area (Å²) in [5.41, 5.74) is 2.99. The minimum absolute atomic E-state index is 0.474. The molecule has 6 nitrogen and oxygen atoms in total. The zero-order chi connectivity index (χ0) is 23.4. The summed E-state index contributed by atoms with van der Waals surface area (Å²) in [7, 11) is -0.0743.